The fourth-order valence-corrected chi connectivity index (χ4v) is 2.95. The van der Waals surface area contributed by atoms with Gasteiger partial charge in [-0.05, 0) is 30.3 Å². The molecule has 1 N–H and O–H groups in total. The molecule has 0 spiro atoms. The number of carboxylic acids is 1. The third-order valence-corrected chi connectivity index (χ3v) is 4.16. The normalized spacial score (nSPS) is 11.8. The van der Waals surface area contributed by atoms with Crippen molar-refractivity contribution in [3.63, 3.8) is 0 Å². The Kier molecular flexibility index (Phi) is 3.52. The molecule has 0 atom stereocenters. The van der Waals surface area contributed by atoms with E-state index in [2.05, 4.69) is 0 Å². The quantitative estimate of drug-likeness (QED) is 0.865. The first-order valence-electron chi connectivity index (χ1n) is 5.41. The van der Waals surface area contributed by atoms with Crippen LogP contribution in [-0.2, 0) is 14.8 Å². The fourth-order valence-electron chi connectivity index (χ4n) is 1.59. The molecule has 2 rings (SSSR count). The number of carboxylic acid groups (broad SMARTS) is 1. The molecule has 0 amide bonds. The van der Waals surface area contributed by atoms with Crippen molar-refractivity contribution in [1.82, 2.24) is 3.97 Å². The lowest BCUT2D eigenvalue weighted by Gasteiger charge is -2.07. The van der Waals surface area contributed by atoms with E-state index in [-0.39, 0.29) is 10.6 Å². The maximum absolute atomic E-state index is 12.3. The highest BCUT2D eigenvalue weighted by Gasteiger charge is 2.17. The van der Waals surface area contributed by atoms with E-state index < -0.39 is 16.0 Å². The Morgan fingerprint density at radius 3 is 2.42 bits per heavy atom. The summed E-state index contributed by atoms with van der Waals surface area (Å²) in [6.07, 6.45) is 3.51. The van der Waals surface area contributed by atoms with Crippen LogP contribution in [0.25, 0.3) is 6.08 Å². The van der Waals surface area contributed by atoms with Gasteiger partial charge in [0.25, 0.3) is 10.0 Å². The van der Waals surface area contributed by atoms with Gasteiger partial charge in [0, 0.05) is 12.3 Å². The lowest BCUT2D eigenvalue weighted by Crippen LogP contribution is -2.13. The summed E-state index contributed by atoms with van der Waals surface area (Å²) >= 11 is 0. The molecule has 0 aliphatic heterocycles. The molecule has 19 heavy (non-hydrogen) atoms. The molecule has 98 valence electrons. The zero-order valence-corrected chi connectivity index (χ0v) is 10.6. The highest BCUT2D eigenvalue weighted by atomic mass is 32.2. The molecule has 0 aliphatic carbocycles. The van der Waals surface area contributed by atoms with Gasteiger partial charge in [-0.3, -0.25) is 0 Å². The molecule has 0 aliphatic rings. The van der Waals surface area contributed by atoms with E-state index in [1.54, 1.807) is 24.3 Å². The lowest BCUT2D eigenvalue weighted by atomic mass is 10.4. The van der Waals surface area contributed by atoms with E-state index in [0.29, 0.717) is 0 Å². The summed E-state index contributed by atoms with van der Waals surface area (Å²) in [5, 5.41) is 8.58. The van der Waals surface area contributed by atoms with Gasteiger partial charge in [-0.2, -0.15) is 0 Å². The molecule has 1 aromatic carbocycles. The third kappa shape index (κ3) is 2.74. The topological polar surface area (TPSA) is 76.4 Å². The smallest absolute Gasteiger partial charge is 0.328 e. The molecule has 0 saturated heterocycles. The van der Waals surface area contributed by atoms with E-state index in [9.17, 15) is 13.2 Å². The highest BCUT2D eigenvalue weighted by Crippen LogP contribution is 2.17. The van der Waals surface area contributed by atoms with E-state index >= 15 is 0 Å². The van der Waals surface area contributed by atoms with Crippen molar-refractivity contribution in [2.45, 2.75) is 4.90 Å². The molecule has 6 heteroatoms. The van der Waals surface area contributed by atoms with E-state index in [4.69, 9.17) is 5.11 Å². The summed E-state index contributed by atoms with van der Waals surface area (Å²) in [6.45, 7) is 0. The lowest BCUT2D eigenvalue weighted by molar-refractivity contribution is -0.131. The van der Waals surface area contributed by atoms with Crippen molar-refractivity contribution in [3.05, 3.63) is 60.4 Å². The van der Waals surface area contributed by atoms with Crippen LogP contribution in [0, 0.1) is 0 Å². The first kappa shape index (κ1) is 13.1. The molecule has 5 nitrogen and oxygen atoms in total. The molecule has 1 aromatic heterocycles. The van der Waals surface area contributed by atoms with Crippen molar-refractivity contribution in [1.29, 1.82) is 0 Å². The van der Waals surface area contributed by atoms with Gasteiger partial charge in [-0.25, -0.2) is 17.2 Å². The van der Waals surface area contributed by atoms with Crippen LogP contribution in [-0.4, -0.2) is 23.5 Å². The molecule has 2 aromatic rings. The van der Waals surface area contributed by atoms with Crippen molar-refractivity contribution in [2.75, 3.05) is 0 Å². The Hall–Kier alpha value is -2.34. The van der Waals surface area contributed by atoms with Gasteiger partial charge in [0.1, 0.15) is 0 Å². The van der Waals surface area contributed by atoms with Crippen LogP contribution in [0.2, 0.25) is 0 Å². The van der Waals surface area contributed by atoms with Crippen LogP contribution in [0.15, 0.2) is 59.6 Å². The van der Waals surface area contributed by atoms with Crippen molar-refractivity contribution >= 4 is 22.1 Å². The minimum absolute atomic E-state index is 0.149. The highest BCUT2D eigenvalue weighted by molar-refractivity contribution is 7.90. The predicted molar refractivity (Wildman–Crippen MR) is 70.1 cm³/mol. The van der Waals surface area contributed by atoms with Crippen molar-refractivity contribution in [2.24, 2.45) is 0 Å². The molecular weight excluding hydrogens is 266 g/mol. The minimum atomic E-state index is -3.70. The van der Waals surface area contributed by atoms with Crippen LogP contribution in [0.4, 0.5) is 0 Å². The van der Waals surface area contributed by atoms with E-state index in [1.165, 1.54) is 30.5 Å². The van der Waals surface area contributed by atoms with Crippen molar-refractivity contribution < 1.29 is 18.3 Å². The molecule has 0 bridgehead atoms. The Balaban J connectivity index is 2.49. The molecule has 0 saturated carbocycles. The Labute approximate surface area is 110 Å². The number of benzene rings is 1. The standard InChI is InChI=1S/C13H11NO4S/c15-13(16)9-8-11-5-4-10-14(11)19(17,18)12-6-2-1-3-7-12/h1-10H,(H,15,16). The van der Waals surface area contributed by atoms with Gasteiger partial charge in [0.2, 0.25) is 0 Å². The van der Waals surface area contributed by atoms with Crippen LogP contribution in [0.1, 0.15) is 5.69 Å². The Bertz CT molecular complexity index is 714. The molecular formula is C13H11NO4S. The van der Waals surface area contributed by atoms with Gasteiger partial charge in [-0.15, -0.1) is 0 Å². The van der Waals surface area contributed by atoms with Crippen molar-refractivity contribution in [3.8, 4) is 0 Å². The van der Waals surface area contributed by atoms with Crippen LogP contribution < -0.4 is 0 Å². The zero-order chi connectivity index (χ0) is 13.9. The first-order chi connectivity index (χ1) is 9.01. The number of rotatable bonds is 4. The van der Waals surface area contributed by atoms with Gasteiger partial charge in [-0.1, -0.05) is 18.2 Å². The van der Waals surface area contributed by atoms with E-state index in [1.807, 2.05) is 0 Å². The minimum Gasteiger partial charge on any atom is -0.478 e. The predicted octanol–water partition coefficient (Wildman–Crippen LogP) is 1.82. The molecule has 0 fully saturated rings. The monoisotopic (exact) mass is 277 g/mol. The third-order valence-electron chi connectivity index (χ3n) is 2.44. The average Bonchev–Trinajstić information content (AvgIpc) is 2.86. The van der Waals surface area contributed by atoms with Crippen LogP contribution in [0.3, 0.4) is 0 Å². The maximum atomic E-state index is 12.3. The summed E-state index contributed by atoms with van der Waals surface area (Å²) in [5.41, 5.74) is 0.284. The number of aliphatic carboxylic acids is 1. The van der Waals surface area contributed by atoms with Gasteiger partial charge in [0.05, 0.1) is 10.6 Å². The summed E-state index contributed by atoms with van der Waals surface area (Å²) in [7, 11) is -3.70. The largest absolute Gasteiger partial charge is 0.478 e. The summed E-state index contributed by atoms with van der Waals surface area (Å²) in [5.74, 6) is -1.13. The second-order valence-corrected chi connectivity index (χ2v) is 5.53. The maximum Gasteiger partial charge on any atom is 0.328 e. The second-order valence-electron chi connectivity index (χ2n) is 3.72. The fraction of sp³-hybridized carbons (Fsp3) is 0. The second kappa shape index (κ2) is 5.11. The summed E-state index contributed by atoms with van der Waals surface area (Å²) in [6, 6.07) is 11.0. The number of hydrogen-bond donors (Lipinski definition) is 1. The Morgan fingerprint density at radius 1 is 1.11 bits per heavy atom. The zero-order valence-electron chi connectivity index (χ0n) is 9.80. The van der Waals surface area contributed by atoms with Gasteiger partial charge in [0.15, 0.2) is 0 Å². The number of nitrogens with zero attached hydrogens (tertiary/aromatic N) is 1. The van der Waals surface area contributed by atoms with Crippen LogP contribution in [0.5, 0.6) is 0 Å². The van der Waals surface area contributed by atoms with Gasteiger partial charge < -0.3 is 5.11 Å². The number of carbonyl (C=O) groups is 1. The molecule has 0 radical (unpaired) electrons. The van der Waals surface area contributed by atoms with E-state index in [0.717, 1.165) is 10.0 Å². The summed E-state index contributed by atoms with van der Waals surface area (Å²) in [4.78, 5) is 10.6. The van der Waals surface area contributed by atoms with Gasteiger partial charge >= 0.3 is 5.97 Å². The SMILES string of the molecule is O=C(O)C=Cc1cccn1S(=O)(=O)c1ccccc1. The molecule has 1 heterocycles. The number of aromatic nitrogens is 1. The Morgan fingerprint density at radius 2 is 1.79 bits per heavy atom. The molecule has 0 unspecified atom stereocenters. The van der Waals surface area contributed by atoms with Crippen LogP contribution >= 0.6 is 0 Å². The average molecular weight is 277 g/mol. The first-order valence-corrected chi connectivity index (χ1v) is 6.85. The number of hydrogen-bond acceptors (Lipinski definition) is 3. The summed E-state index contributed by atoms with van der Waals surface area (Å²) < 4.78 is 25.7.